The first-order valence-electron chi connectivity index (χ1n) is 7.11. The van der Waals surface area contributed by atoms with E-state index in [1.54, 1.807) is 30.0 Å². The smallest absolute Gasteiger partial charge is 0.254 e. The van der Waals surface area contributed by atoms with Crippen LogP contribution in [0.4, 0.5) is 0 Å². The predicted molar refractivity (Wildman–Crippen MR) is 80.9 cm³/mol. The first-order valence-corrected chi connectivity index (χ1v) is 8.72. The second kappa shape index (κ2) is 5.69. The maximum absolute atomic E-state index is 12.5. The molecule has 1 fully saturated rings. The van der Waals surface area contributed by atoms with Gasteiger partial charge in [0.2, 0.25) is 10.0 Å². The molecule has 1 aromatic heterocycles. The Hall–Kier alpha value is -1.93. The van der Waals surface area contributed by atoms with Crippen LogP contribution in [0.2, 0.25) is 0 Å². The lowest BCUT2D eigenvalue weighted by atomic mass is 10.1. The van der Waals surface area contributed by atoms with Crippen molar-refractivity contribution in [3.63, 3.8) is 0 Å². The summed E-state index contributed by atoms with van der Waals surface area (Å²) in [7, 11) is -3.18. The fraction of sp³-hybridized carbons (Fsp3) is 0.429. The second-order valence-corrected chi connectivity index (χ2v) is 7.38. The molecule has 1 amide bonds. The molecule has 1 aromatic carbocycles. The highest BCUT2D eigenvalue weighted by atomic mass is 32.2. The molecule has 0 radical (unpaired) electrons. The van der Waals surface area contributed by atoms with Gasteiger partial charge in [-0.25, -0.2) is 13.4 Å². The highest BCUT2D eigenvalue weighted by Crippen LogP contribution is 2.17. The summed E-state index contributed by atoms with van der Waals surface area (Å²) in [5.41, 5.74) is 1.81. The SMILES string of the molecule is CCS(=O)(=O)N1CCN(C(=O)c2ccc3ocnc3c2)CC1. The van der Waals surface area contributed by atoms with E-state index in [1.807, 2.05) is 0 Å². The minimum Gasteiger partial charge on any atom is -0.443 e. The van der Waals surface area contributed by atoms with Gasteiger partial charge < -0.3 is 9.32 Å². The zero-order valence-corrected chi connectivity index (χ0v) is 13.0. The fourth-order valence-electron chi connectivity index (χ4n) is 2.53. The number of piperazine rings is 1. The number of rotatable bonds is 3. The van der Waals surface area contributed by atoms with Crippen LogP contribution in [0.5, 0.6) is 0 Å². The molecule has 0 saturated carbocycles. The average molecular weight is 323 g/mol. The van der Waals surface area contributed by atoms with Crippen molar-refractivity contribution in [2.75, 3.05) is 31.9 Å². The maximum Gasteiger partial charge on any atom is 0.254 e. The van der Waals surface area contributed by atoms with Crippen LogP contribution in [0.3, 0.4) is 0 Å². The molecular weight excluding hydrogens is 306 g/mol. The first-order chi connectivity index (χ1) is 10.5. The Morgan fingerprint density at radius 1 is 1.27 bits per heavy atom. The molecule has 0 aliphatic carbocycles. The summed E-state index contributed by atoms with van der Waals surface area (Å²) in [6.45, 7) is 3.10. The second-order valence-electron chi connectivity index (χ2n) is 5.13. The lowest BCUT2D eigenvalue weighted by Gasteiger charge is -2.33. The minimum absolute atomic E-state index is 0.0871. The summed E-state index contributed by atoms with van der Waals surface area (Å²) in [6.07, 6.45) is 1.34. The minimum atomic E-state index is -3.18. The Morgan fingerprint density at radius 2 is 2.00 bits per heavy atom. The van der Waals surface area contributed by atoms with Crippen LogP contribution < -0.4 is 0 Å². The molecule has 3 rings (SSSR count). The van der Waals surface area contributed by atoms with Crippen LogP contribution in [0.25, 0.3) is 11.1 Å². The van der Waals surface area contributed by atoms with E-state index in [0.717, 1.165) is 0 Å². The highest BCUT2D eigenvalue weighted by Gasteiger charge is 2.28. The number of fused-ring (bicyclic) bond motifs is 1. The predicted octanol–water partition coefficient (Wildman–Crippen LogP) is 0.935. The number of sulfonamides is 1. The Labute approximate surface area is 128 Å². The molecule has 2 heterocycles. The van der Waals surface area contributed by atoms with Crippen LogP contribution in [0.15, 0.2) is 29.0 Å². The molecule has 7 nitrogen and oxygen atoms in total. The summed E-state index contributed by atoms with van der Waals surface area (Å²) in [5, 5.41) is 0. The zero-order chi connectivity index (χ0) is 15.7. The zero-order valence-electron chi connectivity index (χ0n) is 12.2. The van der Waals surface area contributed by atoms with Gasteiger partial charge in [0, 0.05) is 31.7 Å². The van der Waals surface area contributed by atoms with Crippen molar-refractivity contribution in [3.05, 3.63) is 30.2 Å². The molecule has 8 heteroatoms. The van der Waals surface area contributed by atoms with E-state index in [4.69, 9.17) is 4.42 Å². The topological polar surface area (TPSA) is 83.7 Å². The van der Waals surface area contributed by atoms with Crippen molar-refractivity contribution in [2.45, 2.75) is 6.92 Å². The summed E-state index contributed by atoms with van der Waals surface area (Å²) < 4.78 is 30.2. The van der Waals surface area contributed by atoms with Gasteiger partial charge >= 0.3 is 0 Å². The van der Waals surface area contributed by atoms with Gasteiger partial charge in [0.1, 0.15) is 5.52 Å². The van der Waals surface area contributed by atoms with Crippen LogP contribution in [-0.2, 0) is 10.0 Å². The number of nitrogens with zero attached hydrogens (tertiary/aromatic N) is 3. The van der Waals surface area contributed by atoms with Crippen LogP contribution in [-0.4, -0.2) is 60.4 Å². The standard InChI is InChI=1S/C14H17N3O4S/c1-2-22(19,20)17-7-5-16(6-8-17)14(18)11-3-4-13-12(9-11)15-10-21-13/h3-4,9-10H,2,5-8H2,1H3. The number of amides is 1. The number of hydrogen-bond acceptors (Lipinski definition) is 5. The monoisotopic (exact) mass is 323 g/mol. The van der Waals surface area contributed by atoms with Gasteiger partial charge in [-0.15, -0.1) is 0 Å². The third-order valence-electron chi connectivity index (χ3n) is 3.86. The van der Waals surface area contributed by atoms with Crippen LogP contribution >= 0.6 is 0 Å². The number of benzene rings is 1. The van der Waals surface area contributed by atoms with Gasteiger partial charge in [-0.3, -0.25) is 4.79 Å². The molecule has 0 bridgehead atoms. The van der Waals surface area contributed by atoms with Gasteiger partial charge in [0.15, 0.2) is 12.0 Å². The molecule has 22 heavy (non-hydrogen) atoms. The van der Waals surface area contributed by atoms with E-state index in [1.165, 1.54) is 10.7 Å². The van der Waals surface area contributed by atoms with Crippen LogP contribution in [0, 0.1) is 0 Å². The molecule has 1 saturated heterocycles. The van der Waals surface area contributed by atoms with Crippen molar-refractivity contribution >= 4 is 27.0 Å². The molecule has 0 unspecified atom stereocenters. The van der Waals surface area contributed by atoms with E-state index < -0.39 is 10.0 Å². The summed E-state index contributed by atoms with van der Waals surface area (Å²) in [4.78, 5) is 18.2. The molecule has 118 valence electrons. The number of carbonyl (C=O) groups is 1. The maximum atomic E-state index is 12.5. The van der Waals surface area contributed by atoms with E-state index in [2.05, 4.69) is 4.98 Å². The lowest BCUT2D eigenvalue weighted by Crippen LogP contribution is -2.50. The van der Waals surface area contributed by atoms with Crippen LogP contribution in [0.1, 0.15) is 17.3 Å². The third-order valence-corrected chi connectivity index (χ3v) is 5.74. The van der Waals surface area contributed by atoms with Crippen molar-refractivity contribution in [2.24, 2.45) is 0 Å². The van der Waals surface area contributed by atoms with Gasteiger partial charge in [-0.2, -0.15) is 4.31 Å². The Bertz CT molecular complexity index is 791. The van der Waals surface area contributed by atoms with Gasteiger partial charge in [-0.05, 0) is 25.1 Å². The number of aromatic nitrogens is 1. The molecule has 0 spiro atoms. The Balaban J connectivity index is 1.71. The summed E-state index contributed by atoms with van der Waals surface area (Å²) in [6, 6.07) is 5.11. The first kappa shape index (κ1) is 15.0. The lowest BCUT2D eigenvalue weighted by molar-refractivity contribution is 0.0698. The Morgan fingerprint density at radius 3 is 2.68 bits per heavy atom. The molecule has 2 aromatic rings. The Kier molecular flexibility index (Phi) is 3.88. The van der Waals surface area contributed by atoms with Gasteiger partial charge in [0.25, 0.3) is 5.91 Å². The highest BCUT2D eigenvalue weighted by molar-refractivity contribution is 7.89. The van der Waals surface area contributed by atoms with E-state index in [9.17, 15) is 13.2 Å². The van der Waals surface area contributed by atoms with E-state index in [0.29, 0.717) is 42.8 Å². The molecule has 0 atom stereocenters. The largest absolute Gasteiger partial charge is 0.443 e. The molecule has 1 aliphatic rings. The van der Waals surface area contributed by atoms with Crippen molar-refractivity contribution in [3.8, 4) is 0 Å². The van der Waals surface area contributed by atoms with Crippen molar-refractivity contribution < 1.29 is 17.6 Å². The number of hydrogen-bond donors (Lipinski definition) is 0. The van der Waals surface area contributed by atoms with E-state index in [-0.39, 0.29) is 11.7 Å². The van der Waals surface area contributed by atoms with Gasteiger partial charge in [-0.1, -0.05) is 0 Å². The fourth-order valence-corrected chi connectivity index (χ4v) is 3.61. The quantitative estimate of drug-likeness (QED) is 0.839. The molecular formula is C14H17N3O4S. The van der Waals surface area contributed by atoms with Crippen molar-refractivity contribution in [1.82, 2.24) is 14.2 Å². The summed E-state index contributed by atoms with van der Waals surface area (Å²) in [5.74, 6) is -0.0255. The third kappa shape index (κ3) is 2.71. The normalized spacial score (nSPS) is 17.0. The van der Waals surface area contributed by atoms with Crippen molar-refractivity contribution in [1.29, 1.82) is 0 Å². The summed E-state index contributed by atoms with van der Waals surface area (Å²) >= 11 is 0. The van der Waals surface area contributed by atoms with E-state index >= 15 is 0 Å². The molecule has 0 N–H and O–H groups in total. The molecule has 1 aliphatic heterocycles. The van der Waals surface area contributed by atoms with Gasteiger partial charge in [0.05, 0.1) is 5.75 Å². The number of oxazole rings is 1. The number of carbonyl (C=O) groups excluding carboxylic acids is 1. The average Bonchev–Trinajstić information content (AvgIpc) is 3.02.